The predicted molar refractivity (Wildman–Crippen MR) is 105 cm³/mol. The summed E-state index contributed by atoms with van der Waals surface area (Å²) in [6, 6.07) is 8.10. The summed E-state index contributed by atoms with van der Waals surface area (Å²) in [6.45, 7) is 7.04. The lowest BCUT2D eigenvalue weighted by molar-refractivity contribution is 0.776. The summed E-state index contributed by atoms with van der Waals surface area (Å²) in [5.41, 5.74) is 8.94. The molecule has 2 heterocycles. The minimum atomic E-state index is -0.248. The van der Waals surface area contributed by atoms with Crippen LogP contribution in [0.4, 0.5) is 11.8 Å². The summed E-state index contributed by atoms with van der Waals surface area (Å²) in [5, 5.41) is 3.16. The third-order valence-corrected chi connectivity index (χ3v) is 4.21. The van der Waals surface area contributed by atoms with E-state index in [0.29, 0.717) is 23.7 Å². The molecule has 0 saturated carbocycles. The quantitative estimate of drug-likeness (QED) is 0.427. The Bertz CT molecular complexity index is 955. The van der Waals surface area contributed by atoms with Gasteiger partial charge in [-0.25, -0.2) is 4.79 Å². The van der Waals surface area contributed by atoms with Crippen LogP contribution in [0.2, 0.25) is 0 Å². The molecule has 0 bridgehead atoms. The SMILES string of the molecule is C=CCc1ccc(Cn2c(=O)[nH]c3c(N)nc(NCCCC)nc32)cc1. The molecule has 1 aromatic carbocycles. The van der Waals surface area contributed by atoms with E-state index in [4.69, 9.17) is 5.73 Å². The van der Waals surface area contributed by atoms with Gasteiger partial charge in [0.1, 0.15) is 5.52 Å². The number of hydrogen-bond acceptors (Lipinski definition) is 5. The molecule has 0 aliphatic carbocycles. The number of nitrogens with two attached hydrogens (primary N) is 1. The summed E-state index contributed by atoms with van der Waals surface area (Å²) >= 11 is 0. The monoisotopic (exact) mass is 352 g/mol. The first-order valence-corrected chi connectivity index (χ1v) is 8.81. The van der Waals surface area contributed by atoms with E-state index in [1.165, 1.54) is 5.56 Å². The molecule has 0 spiro atoms. The summed E-state index contributed by atoms with van der Waals surface area (Å²) in [4.78, 5) is 23.9. The highest BCUT2D eigenvalue weighted by Gasteiger charge is 2.14. The van der Waals surface area contributed by atoms with Crippen molar-refractivity contribution >= 4 is 22.9 Å². The smallest absolute Gasteiger partial charge is 0.328 e. The van der Waals surface area contributed by atoms with Crippen LogP contribution in [0.15, 0.2) is 41.7 Å². The van der Waals surface area contributed by atoms with Crippen molar-refractivity contribution in [2.24, 2.45) is 0 Å². The minimum absolute atomic E-state index is 0.248. The standard InChI is InChI=1S/C19H24N6O/c1-3-5-11-21-18-23-16(20)15-17(24-18)25(19(26)22-15)12-14-9-7-13(6-4-2)8-10-14/h4,7-10H,2-3,5-6,11-12H2,1H3,(H,22,26)(H3,20,21,23,24). The zero-order valence-corrected chi connectivity index (χ0v) is 15.0. The van der Waals surface area contributed by atoms with Gasteiger partial charge in [-0.2, -0.15) is 9.97 Å². The molecule has 0 aliphatic heterocycles. The molecule has 26 heavy (non-hydrogen) atoms. The van der Waals surface area contributed by atoms with Crippen LogP contribution in [0.5, 0.6) is 0 Å². The normalized spacial score (nSPS) is 11.0. The van der Waals surface area contributed by atoms with Gasteiger partial charge in [0.05, 0.1) is 6.54 Å². The van der Waals surface area contributed by atoms with Gasteiger partial charge < -0.3 is 16.0 Å². The van der Waals surface area contributed by atoms with Gasteiger partial charge in [0.15, 0.2) is 11.5 Å². The van der Waals surface area contributed by atoms with Crippen molar-refractivity contribution in [1.29, 1.82) is 0 Å². The molecule has 3 aromatic rings. The summed E-state index contributed by atoms with van der Waals surface area (Å²) in [6.07, 6.45) is 4.77. The van der Waals surface area contributed by atoms with Crippen LogP contribution in [-0.4, -0.2) is 26.1 Å². The number of nitrogens with one attached hydrogen (secondary N) is 2. The summed E-state index contributed by atoms with van der Waals surface area (Å²) in [5.74, 6) is 0.712. The lowest BCUT2D eigenvalue weighted by atomic mass is 10.1. The molecule has 7 heteroatoms. The third-order valence-electron chi connectivity index (χ3n) is 4.21. The van der Waals surface area contributed by atoms with Gasteiger partial charge in [-0.05, 0) is 24.0 Å². The molecule has 0 unspecified atom stereocenters. The van der Waals surface area contributed by atoms with Crippen LogP contribution in [0.1, 0.15) is 30.9 Å². The number of anilines is 2. The Morgan fingerprint density at radius 2 is 2.00 bits per heavy atom. The van der Waals surface area contributed by atoms with E-state index < -0.39 is 0 Å². The second-order valence-corrected chi connectivity index (χ2v) is 6.24. The van der Waals surface area contributed by atoms with E-state index in [1.807, 2.05) is 30.3 Å². The maximum absolute atomic E-state index is 12.4. The van der Waals surface area contributed by atoms with Crippen molar-refractivity contribution in [3.05, 3.63) is 58.5 Å². The van der Waals surface area contributed by atoms with Crippen molar-refractivity contribution < 1.29 is 0 Å². The molecule has 136 valence electrons. The topological polar surface area (TPSA) is 102 Å². The molecule has 2 aromatic heterocycles. The number of nitrogen functional groups attached to an aromatic ring is 1. The number of unbranched alkanes of at least 4 members (excludes halogenated alkanes) is 1. The molecule has 0 aliphatic rings. The first-order chi connectivity index (χ1) is 12.6. The van der Waals surface area contributed by atoms with Gasteiger partial charge in [0.25, 0.3) is 0 Å². The fraction of sp³-hybridized carbons (Fsp3) is 0.316. The number of aromatic amines is 1. The Morgan fingerprint density at radius 3 is 2.69 bits per heavy atom. The number of allylic oxidation sites excluding steroid dienone is 1. The van der Waals surface area contributed by atoms with Crippen LogP contribution in [0.3, 0.4) is 0 Å². The van der Waals surface area contributed by atoms with Gasteiger partial charge in [0.2, 0.25) is 5.95 Å². The Balaban J connectivity index is 1.92. The summed E-state index contributed by atoms with van der Waals surface area (Å²) in [7, 11) is 0. The van der Waals surface area contributed by atoms with Crippen molar-refractivity contribution in [3.8, 4) is 0 Å². The molecule has 3 rings (SSSR count). The average molecular weight is 352 g/mol. The van der Waals surface area contributed by atoms with Crippen molar-refractivity contribution in [1.82, 2.24) is 19.5 Å². The number of nitrogens with zero attached hydrogens (tertiary/aromatic N) is 3. The molecule has 0 radical (unpaired) electrons. The highest BCUT2D eigenvalue weighted by molar-refractivity contribution is 5.82. The molecule has 0 atom stereocenters. The second kappa shape index (κ2) is 7.86. The maximum Gasteiger partial charge on any atom is 0.328 e. The third kappa shape index (κ3) is 3.77. The summed E-state index contributed by atoms with van der Waals surface area (Å²) < 4.78 is 1.58. The van der Waals surface area contributed by atoms with Gasteiger partial charge in [0, 0.05) is 6.54 Å². The van der Waals surface area contributed by atoms with Crippen molar-refractivity contribution in [2.75, 3.05) is 17.6 Å². The zero-order chi connectivity index (χ0) is 18.5. The van der Waals surface area contributed by atoms with Crippen LogP contribution < -0.4 is 16.7 Å². The fourth-order valence-corrected chi connectivity index (χ4v) is 2.78. The fourth-order valence-electron chi connectivity index (χ4n) is 2.78. The molecular weight excluding hydrogens is 328 g/mol. The lowest BCUT2D eigenvalue weighted by Crippen LogP contribution is -2.18. The number of fused-ring (bicyclic) bond motifs is 1. The second-order valence-electron chi connectivity index (χ2n) is 6.24. The van der Waals surface area contributed by atoms with Gasteiger partial charge >= 0.3 is 5.69 Å². The van der Waals surface area contributed by atoms with Crippen LogP contribution in [-0.2, 0) is 13.0 Å². The Labute approximate surface area is 152 Å². The lowest BCUT2D eigenvalue weighted by Gasteiger charge is -2.07. The first-order valence-electron chi connectivity index (χ1n) is 8.81. The van der Waals surface area contributed by atoms with E-state index >= 15 is 0 Å². The first kappa shape index (κ1) is 17.7. The van der Waals surface area contributed by atoms with Crippen LogP contribution in [0, 0.1) is 0 Å². The maximum atomic E-state index is 12.4. The number of rotatable bonds is 8. The number of H-pyrrole nitrogens is 1. The van der Waals surface area contributed by atoms with Gasteiger partial charge in [-0.15, -0.1) is 6.58 Å². The molecule has 7 nitrogen and oxygen atoms in total. The molecular formula is C19H24N6O. The molecule has 4 N–H and O–H groups in total. The van der Waals surface area contributed by atoms with Crippen LogP contribution in [0.25, 0.3) is 11.2 Å². The Hall–Kier alpha value is -3.09. The van der Waals surface area contributed by atoms with Crippen molar-refractivity contribution in [3.63, 3.8) is 0 Å². The van der Waals surface area contributed by atoms with E-state index in [0.717, 1.165) is 31.4 Å². The molecule has 0 saturated heterocycles. The van der Waals surface area contributed by atoms with Gasteiger partial charge in [-0.1, -0.05) is 43.7 Å². The van der Waals surface area contributed by atoms with E-state index in [9.17, 15) is 4.79 Å². The van der Waals surface area contributed by atoms with E-state index in [1.54, 1.807) is 4.57 Å². The largest absolute Gasteiger partial charge is 0.382 e. The van der Waals surface area contributed by atoms with Crippen molar-refractivity contribution in [2.45, 2.75) is 32.7 Å². The van der Waals surface area contributed by atoms with Crippen LogP contribution >= 0.6 is 0 Å². The van der Waals surface area contributed by atoms with Gasteiger partial charge in [-0.3, -0.25) is 4.57 Å². The average Bonchev–Trinajstić information content (AvgIpc) is 2.94. The number of aromatic nitrogens is 4. The number of benzene rings is 1. The molecule has 0 amide bonds. The van der Waals surface area contributed by atoms with E-state index in [2.05, 4.69) is 33.8 Å². The Morgan fingerprint density at radius 1 is 1.27 bits per heavy atom. The predicted octanol–water partition coefficient (Wildman–Crippen LogP) is 2.69. The number of hydrogen-bond donors (Lipinski definition) is 3. The number of imidazole rings is 1. The zero-order valence-electron chi connectivity index (χ0n) is 15.0. The highest BCUT2D eigenvalue weighted by Crippen LogP contribution is 2.17. The minimum Gasteiger partial charge on any atom is -0.382 e. The highest BCUT2D eigenvalue weighted by atomic mass is 16.1. The van der Waals surface area contributed by atoms with E-state index in [-0.39, 0.29) is 11.5 Å². The Kier molecular flexibility index (Phi) is 5.36. The molecule has 0 fully saturated rings.